The number of aliphatic imine (C=N–C) groups is 1. The molecule has 2 aromatic heterocycles. The lowest BCUT2D eigenvalue weighted by Gasteiger charge is -2.12. The van der Waals surface area contributed by atoms with Crippen LogP contribution in [0.5, 0.6) is 11.5 Å². The molecule has 2 N–H and O–H groups in total. The van der Waals surface area contributed by atoms with E-state index in [0.29, 0.717) is 6.54 Å². The molecule has 0 amide bonds. The first-order valence-corrected chi connectivity index (χ1v) is 9.70. The van der Waals surface area contributed by atoms with Crippen LogP contribution in [0.4, 0.5) is 0 Å². The van der Waals surface area contributed by atoms with E-state index in [-0.39, 0.29) is 30.8 Å². The Morgan fingerprint density at radius 3 is 2.82 bits per heavy atom. The third-order valence-corrected chi connectivity index (χ3v) is 4.99. The van der Waals surface area contributed by atoms with Gasteiger partial charge in [-0.1, -0.05) is 12.1 Å². The van der Waals surface area contributed by atoms with Gasteiger partial charge in [0.05, 0.1) is 19.4 Å². The van der Waals surface area contributed by atoms with Crippen LogP contribution < -0.4 is 20.1 Å². The monoisotopic (exact) mass is 511 g/mol. The smallest absolute Gasteiger partial charge is 0.231 e. The number of nitrogens with zero attached hydrogens (tertiary/aromatic N) is 1. The van der Waals surface area contributed by atoms with Crippen molar-refractivity contribution in [3.8, 4) is 11.5 Å². The van der Waals surface area contributed by atoms with E-state index in [4.69, 9.17) is 18.9 Å². The predicted molar refractivity (Wildman–Crippen MR) is 121 cm³/mol. The zero-order chi connectivity index (χ0) is 18.3. The third kappa shape index (κ3) is 5.65. The van der Waals surface area contributed by atoms with Gasteiger partial charge < -0.3 is 24.5 Å². The topological polar surface area (TPSA) is 68.0 Å². The Labute approximate surface area is 185 Å². The Hall–Kier alpha value is -2.20. The Morgan fingerprint density at radius 1 is 1.07 bits per heavy atom. The van der Waals surface area contributed by atoms with Gasteiger partial charge in [0.15, 0.2) is 17.5 Å². The normalized spacial score (nSPS) is 12.5. The molecule has 6 nitrogen and oxygen atoms in total. The molecule has 0 radical (unpaired) electrons. The average Bonchev–Trinajstić information content (AvgIpc) is 3.45. The van der Waals surface area contributed by atoms with Crippen LogP contribution in [0, 0.1) is 0 Å². The van der Waals surface area contributed by atoms with E-state index in [9.17, 15) is 0 Å². The molecule has 0 aliphatic carbocycles. The fraction of sp³-hybridized carbons (Fsp3) is 0.250. The highest BCUT2D eigenvalue weighted by Crippen LogP contribution is 2.32. The number of nitrogens with one attached hydrogen (secondary N) is 2. The van der Waals surface area contributed by atoms with Gasteiger partial charge in [-0.05, 0) is 41.3 Å². The van der Waals surface area contributed by atoms with Crippen LogP contribution in [0.1, 0.15) is 16.2 Å². The first-order valence-electron chi connectivity index (χ1n) is 8.82. The Kier molecular flexibility index (Phi) is 7.61. The fourth-order valence-corrected chi connectivity index (χ4v) is 3.37. The van der Waals surface area contributed by atoms with Gasteiger partial charge in [-0.2, -0.15) is 0 Å². The van der Waals surface area contributed by atoms with Crippen LogP contribution in [-0.2, 0) is 19.5 Å². The third-order valence-electron chi connectivity index (χ3n) is 4.11. The second-order valence-electron chi connectivity index (χ2n) is 6.04. The molecule has 28 heavy (non-hydrogen) atoms. The van der Waals surface area contributed by atoms with Crippen molar-refractivity contribution in [1.29, 1.82) is 0 Å². The summed E-state index contributed by atoms with van der Waals surface area (Å²) in [5, 5.41) is 8.83. The second-order valence-corrected chi connectivity index (χ2v) is 7.07. The summed E-state index contributed by atoms with van der Waals surface area (Å²) in [7, 11) is 0. The van der Waals surface area contributed by atoms with Crippen molar-refractivity contribution < 1.29 is 13.9 Å². The van der Waals surface area contributed by atoms with Gasteiger partial charge in [0, 0.05) is 17.8 Å². The molecular formula is C20H22IN3O3S. The molecule has 1 aliphatic rings. The number of fused-ring (bicyclic) bond motifs is 1. The summed E-state index contributed by atoms with van der Waals surface area (Å²) < 4.78 is 16.2. The van der Waals surface area contributed by atoms with E-state index >= 15 is 0 Å². The Bertz CT molecular complexity index is 882. The summed E-state index contributed by atoms with van der Waals surface area (Å²) in [6.45, 7) is 2.32. The molecule has 0 atom stereocenters. The van der Waals surface area contributed by atoms with Gasteiger partial charge in [-0.25, -0.2) is 4.99 Å². The number of ether oxygens (including phenoxy) is 2. The first kappa shape index (κ1) is 20.5. The van der Waals surface area contributed by atoms with Crippen LogP contribution in [0.25, 0.3) is 0 Å². The largest absolute Gasteiger partial charge is 0.469 e. The molecule has 0 saturated carbocycles. The molecule has 4 rings (SSSR count). The van der Waals surface area contributed by atoms with Crippen LogP contribution in [0.15, 0.2) is 63.5 Å². The van der Waals surface area contributed by atoms with Gasteiger partial charge in [-0.3, -0.25) is 0 Å². The Morgan fingerprint density at radius 2 is 2.00 bits per heavy atom. The zero-order valence-corrected chi connectivity index (χ0v) is 18.4. The number of guanidine groups is 1. The zero-order valence-electron chi connectivity index (χ0n) is 15.2. The minimum absolute atomic E-state index is 0. The van der Waals surface area contributed by atoms with E-state index in [1.807, 2.05) is 30.3 Å². The van der Waals surface area contributed by atoms with E-state index in [1.54, 1.807) is 17.6 Å². The van der Waals surface area contributed by atoms with Crippen molar-refractivity contribution >= 4 is 41.3 Å². The maximum Gasteiger partial charge on any atom is 0.231 e. The molecule has 3 aromatic rings. The SMILES string of the molecule is I.c1coc(CCNC(=NCc2ccc3c(c2)OCO3)NCc2cccs2)c1. The minimum atomic E-state index is 0. The number of benzene rings is 1. The summed E-state index contributed by atoms with van der Waals surface area (Å²) in [4.78, 5) is 5.97. The van der Waals surface area contributed by atoms with E-state index in [2.05, 4.69) is 28.1 Å². The van der Waals surface area contributed by atoms with Gasteiger partial charge in [0.2, 0.25) is 6.79 Å². The molecule has 0 bridgehead atoms. The first-order chi connectivity index (χ1) is 13.4. The number of hydrogen-bond acceptors (Lipinski definition) is 5. The van der Waals surface area contributed by atoms with Crippen molar-refractivity contribution in [2.24, 2.45) is 4.99 Å². The van der Waals surface area contributed by atoms with E-state index in [1.165, 1.54) is 4.88 Å². The molecule has 8 heteroatoms. The maximum absolute atomic E-state index is 5.44. The van der Waals surface area contributed by atoms with Crippen molar-refractivity contribution in [1.82, 2.24) is 10.6 Å². The van der Waals surface area contributed by atoms with Gasteiger partial charge in [0.1, 0.15) is 5.76 Å². The number of rotatable bonds is 7. The van der Waals surface area contributed by atoms with Crippen molar-refractivity contribution in [2.45, 2.75) is 19.5 Å². The number of thiophene rings is 1. The highest BCUT2D eigenvalue weighted by atomic mass is 127. The molecule has 1 aliphatic heterocycles. The number of furan rings is 1. The van der Waals surface area contributed by atoms with Crippen LogP contribution >= 0.6 is 35.3 Å². The van der Waals surface area contributed by atoms with Gasteiger partial charge in [0.25, 0.3) is 0 Å². The fourth-order valence-electron chi connectivity index (χ4n) is 2.73. The molecule has 148 valence electrons. The van der Waals surface area contributed by atoms with Crippen molar-refractivity contribution in [3.05, 3.63) is 70.3 Å². The highest BCUT2D eigenvalue weighted by molar-refractivity contribution is 14.0. The predicted octanol–water partition coefficient (Wildman–Crippen LogP) is 4.17. The lowest BCUT2D eigenvalue weighted by Crippen LogP contribution is -2.37. The van der Waals surface area contributed by atoms with Crippen LogP contribution in [-0.4, -0.2) is 19.3 Å². The summed E-state index contributed by atoms with van der Waals surface area (Å²) >= 11 is 1.72. The van der Waals surface area contributed by atoms with Gasteiger partial charge >= 0.3 is 0 Å². The molecule has 0 fully saturated rings. The lowest BCUT2D eigenvalue weighted by atomic mass is 10.2. The summed E-state index contributed by atoms with van der Waals surface area (Å²) in [6, 6.07) is 14.0. The number of halogens is 1. The minimum Gasteiger partial charge on any atom is -0.469 e. The molecule has 3 heterocycles. The number of hydrogen-bond donors (Lipinski definition) is 2. The summed E-state index contributed by atoms with van der Waals surface area (Å²) in [6.07, 6.45) is 2.50. The highest BCUT2D eigenvalue weighted by Gasteiger charge is 2.13. The van der Waals surface area contributed by atoms with Gasteiger partial charge in [-0.15, -0.1) is 35.3 Å². The molecule has 0 saturated heterocycles. The molecule has 1 aromatic carbocycles. The standard InChI is InChI=1S/C20H21N3O3S.HI/c1-3-16(24-9-1)7-8-21-20(23-13-17-4-2-10-27-17)22-12-15-5-6-18-19(11-15)26-14-25-18;/h1-6,9-11H,7-8,12-14H2,(H2,21,22,23);1H. The second kappa shape index (κ2) is 10.4. The van der Waals surface area contributed by atoms with E-state index in [0.717, 1.165) is 48.3 Å². The van der Waals surface area contributed by atoms with Crippen molar-refractivity contribution in [3.63, 3.8) is 0 Å². The molecule has 0 spiro atoms. The van der Waals surface area contributed by atoms with Crippen LogP contribution in [0.3, 0.4) is 0 Å². The molecule has 0 unspecified atom stereocenters. The average molecular weight is 511 g/mol. The summed E-state index contributed by atoms with van der Waals surface area (Å²) in [5.74, 6) is 3.29. The van der Waals surface area contributed by atoms with Crippen LogP contribution in [0.2, 0.25) is 0 Å². The van der Waals surface area contributed by atoms with E-state index < -0.39 is 0 Å². The van der Waals surface area contributed by atoms with Crippen molar-refractivity contribution in [2.75, 3.05) is 13.3 Å². The lowest BCUT2D eigenvalue weighted by molar-refractivity contribution is 0.174. The quantitative estimate of drug-likeness (QED) is 0.283. The summed E-state index contributed by atoms with van der Waals surface area (Å²) in [5.41, 5.74) is 1.07. The molecular weight excluding hydrogens is 489 g/mol. The Balaban J connectivity index is 0.00000225. The maximum atomic E-state index is 5.44.